The zero-order chi connectivity index (χ0) is 21.0. The Morgan fingerprint density at radius 1 is 0.655 bits per heavy atom. The first-order valence-electron chi connectivity index (χ1n) is 11.3. The Bertz CT molecular complexity index is 625. The highest BCUT2D eigenvalue weighted by Crippen LogP contribution is 2.36. The maximum absolute atomic E-state index is 6.84. The zero-order valence-corrected chi connectivity index (χ0v) is 20.0. The molecule has 160 valence electrons. The van der Waals surface area contributed by atoms with Crippen molar-refractivity contribution in [1.82, 2.24) is 0 Å². The van der Waals surface area contributed by atoms with Gasteiger partial charge in [0.05, 0.1) is 13.2 Å². The predicted molar refractivity (Wildman–Crippen MR) is 128 cm³/mol. The Morgan fingerprint density at radius 2 is 1.17 bits per heavy atom. The molecule has 0 fully saturated rings. The molecule has 0 atom stereocenters. The summed E-state index contributed by atoms with van der Waals surface area (Å²) >= 11 is 0. The average Bonchev–Trinajstić information content (AvgIpc) is 2.72. The van der Waals surface area contributed by atoms with Crippen LogP contribution in [0.15, 0.2) is 60.7 Å². The molecule has 0 bridgehead atoms. The van der Waals surface area contributed by atoms with E-state index in [0.29, 0.717) is 13.2 Å². The van der Waals surface area contributed by atoms with Crippen molar-refractivity contribution in [2.24, 2.45) is 0 Å². The van der Waals surface area contributed by atoms with Crippen LogP contribution in [0.1, 0.15) is 66.2 Å². The second-order valence-electron chi connectivity index (χ2n) is 8.89. The number of benzene rings is 2. The molecule has 2 nitrogen and oxygen atoms in total. The van der Waals surface area contributed by atoms with Gasteiger partial charge < -0.3 is 9.16 Å². The highest BCUT2D eigenvalue weighted by atomic mass is 28.4. The molecule has 0 heterocycles. The third-order valence-corrected chi connectivity index (χ3v) is 10.6. The molecule has 2 aromatic carbocycles. The van der Waals surface area contributed by atoms with Crippen LogP contribution in [-0.4, -0.2) is 28.1 Å². The van der Waals surface area contributed by atoms with Crippen LogP contribution in [-0.2, 0) is 9.16 Å². The smallest absolute Gasteiger partial charge is 0.261 e. The van der Waals surface area contributed by atoms with Gasteiger partial charge in [-0.1, -0.05) is 120 Å². The van der Waals surface area contributed by atoms with Crippen molar-refractivity contribution in [3.8, 4) is 0 Å². The van der Waals surface area contributed by atoms with E-state index in [1.54, 1.807) is 0 Å². The van der Waals surface area contributed by atoms with E-state index in [2.05, 4.69) is 88.4 Å². The molecule has 0 saturated heterocycles. The van der Waals surface area contributed by atoms with E-state index in [4.69, 9.17) is 9.16 Å². The van der Waals surface area contributed by atoms with Crippen LogP contribution in [0, 0.1) is 0 Å². The van der Waals surface area contributed by atoms with E-state index in [9.17, 15) is 0 Å². The van der Waals surface area contributed by atoms with Crippen molar-refractivity contribution < 1.29 is 9.16 Å². The number of hydrogen-bond donors (Lipinski definition) is 0. The minimum absolute atomic E-state index is 0.0228. The average molecular weight is 413 g/mol. The van der Waals surface area contributed by atoms with Crippen molar-refractivity contribution in [2.45, 2.75) is 71.3 Å². The fourth-order valence-corrected chi connectivity index (χ4v) is 8.65. The Labute approximate surface area is 179 Å². The molecular weight excluding hydrogens is 372 g/mol. The monoisotopic (exact) mass is 412 g/mol. The summed E-state index contributed by atoms with van der Waals surface area (Å²) in [6.07, 6.45) is 7.77. The number of hydrogen-bond acceptors (Lipinski definition) is 2. The molecule has 0 spiro atoms. The van der Waals surface area contributed by atoms with Crippen LogP contribution in [0.4, 0.5) is 0 Å². The van der Waals surface area contributed by atoms with Gasteiger partial charge in [-0.05, 0) is 21.8 Å². The van der Waals surface area contributed by atoms with Gasteiger partial charge in [-0.15, -0.1) is 0 Å². The van der Waals surface area contributed by atoms with Gasteiger partial charge in [0.15, 0.2) is 0 Å². The van der Waals surface area contributed by atoms with Crippen LogP contribution in [0.2, 0.25) is 5.04 Å². The first-order chi connectivity index (χ1) is 14.0. The summed E-state index contributed by atoms with van der Waals surface area (Å²) in [6, 6.07) is 21.6. The molecule has 0 amide bonds. The van der Waals surface area contributed by atoms with Crippen LogP contribution in [0.3, 0.4) is 0 Å². The SMILES string of the molecule is CCCCCCCCOCCO[Si](c1ccccc1)(c1ccccc1)C(C)(C)C. The fourth-order valence-electron chi connectivity index (χ4n) is 4.10. The van der Waals surface area contributed by atoms with E-state index in [1.165, 1.54) is 42.5 Å². The Balaban J connectivity index is 2.00. The van der Waals surface area contributed by atoms with Crippen LogP contribution in [0.25, 0.3) is 0 Å². The lowest BCUT2D eigenvalue weighted by Crippen LogP contribution is -2.66. The maximum atomic E-state index is 6.84. The highest BCUT2D eigenvalue weighted by molar-refractivity contribution is 6.99. The van der Waals surface area contributed by atoms with Crippen LogP contribution < -0.4 is 10.4 Å². The summed E-state index contributed by atoms with van der Waals surface area (Å²) in [5.41, 5.74) is 0. The van der Waals surface area contributed by atoms with E-state index in [1.807, 2.05) is 0 Å². The molecule has 29 heavy (non-hydrogen) atoms. The molecule has 0 N–H and O–H groups in total. The normalized spacial score (nSPS) is 12.3. The minimum atomic E-state index is -2.42. The van der Waals surface area contributed by atoms with Crippen molar-refractivity contribution in [1.29, 1.82) is 0 Å². The summed E-state index contributed by atoms with van der Waals surface area (Å²) in [5.74, 6) is 0. The summed E-state index contributed by atoms with van der Waals surface area (Å²) < 4.78 is 12.8. The van der Waals surface area contributed by atoms with Gasteiger partial charge in [0, 0.05) is 6.61 Å². The molecule has 0 aliphatic carbocycles. The lowest BCUT2D eigenvalue weighted by molar-refractivity contribution is 0.0939. The molecule has 0 aliphatic rings. The van der Waals surface area contributed by atoms with E-state index in [0.717, 1.165) is 13.0 Å². The molecular formula is C26H40O2Si. The van der Waals surface area contributed by atoms with Gasteiger partial charge >= 0.3 is 0 Å². The third-order valence-electron chi connectivity index (χ3n) is 5.61. The van der Waals surface area contributed by atoms with Gasteiger partial charge in [0.25, 0.3) is 8.32 Å². The lowest BCUT2D eigenvalue weighted by Gasteiger charge is -2.43. The van der Waals surface area contributed by atoms with Gasteiger partial charge in [0.2, 0.25) is 0 Å². The molecule has 0 aromatic heterocycles. The summed E-state index contributed by atoms with van der Waals surface area (Å²) in [5, 5.41) is 2.68. The predicted octanol–water partition coefficient (Wildman–Crippen LogP) is 5.94. The highest BCUT2D eigenvalue weighted by Gasteiger charge is 2.49. The van der Waals surface area contributed by atoms with E-state index < -0.39 is 8.32 Å². The quantitative estimate of drug-likeness (QED) is 0.299. The summed E-state index contributed by atoms with van der Waals surface area (Å²) in [7, 11) is -2.42. The standard InChI is InChI=1S/C26H40O2Si/c1-5-6-7-8-9-16-21-27-22-23-28-29(26(2,3)4,24-17-12-10-13-18-24)25-19-14-11-15-20-25/h10-15,17-20H,5-9,16,21-23H2,1-4H3. The Morgan fingerprint density at radius 3 is 1.69 bits per heavy atom. The zero-order valence-electron chi connectivity index (χ0n) is 19.0. The molecule has 2 rings (SSSR count). The second kappa shape index (κ2) is 12.3. The van der Waals surface area contributed by atoms with Gasteiger partial charge in [0.1, 0.15) is 0 Å². The second-order valence-corrected chi connectivity index (χ2v) is 13.2. The lowest BCUT2D eigenvalue weighted by atomic mass is 10.1. The van der Waals surface area contributed by atoms with E-state index >= 15 is 0 Å². The Kier molecular flexibility index (Phi) is 10.1. The fraction of sp³-hybridized carbons (Fsp3) is 0.538. The molecule has 3 heteroatoms. The molecule has 2 aromatic rings. The topological polar surface area (TPSA) is 18.5 Å². The van der Waals surface area contributed by atoms with Gasteiger partial charge in [-0.2, -0.15) is 0 Å². The Hall–Kier alpha value is -1.42. The van der Waals surface area contributed by atoms with Gasteiger partial charge in [-0.3, -0.25) is 0 Å². The van der Waals surface area contributed by atoms with E-state index in [-0.39, 0.29) is 5.04 Å². The molecule has 0 unspecified atom stereocenters. The van der Waals surface area contributed by atoms with Crippen molar-refractivity contribution in [3.63, 3.8) is 0 Å². The minimum Gasteiger partial charge on any atom is -0.405 e. The van der Waals surface area contributed by atoms with Crippen LogP contribution in [0.5, 0.6) is 0 Å². The molecule has 0 saturated carbocycles. The first kappa shape index (κ1) is 23.9. The summed E-state index contributed by atoms with van der Waals surface area (Å²) in [4.78, 5) is 0. The van der Waals surface area contributed by atoms with Crippen LogP contribution >= 0.6 is 0 Å². The van der Waals surface area contributed by atoms with Crippen molar-refractivity contribution >= 4 is 18.7 Å². The number of rotatable bonds is 13. The maximum Gasteiger partial charge on any atom is 0.261 e. The largest absolute Gasteiger partial charge is 0.405 e. The molecule has 0 aliphatic heterocycles. The summed E-state index contributed by atoms with van der Waals surface area (Å²) in [6.45, 7) is 11.4. The van der Waals surface area contributed by atoms with Crippen molar-refractivity contribution in [3.05, 3.63) is 60.7 Å². The van der Waals surface area contributed by atoms with Crippen molar-refractivity contribution in [2.75, 3.05) is 19.8 Å². The molecule has 0 radical (unpaired) electrons. The first-order valence-corrected chi connectivity index (χ1v) is 13.3. The number of ether oxygens (including phenoxy) is 1. The third kappa shape index (κ3) is 6.80. The number of unbranched alkanes of at least 4 members (excludes halogenated alkanes) is 5. The van der Waals surface area contributed by atoms with Gasteiger partial charge in [-0.25, -0.2) is 0 Å².